The third-order valence-corrected chi connectivity index (χ3v) is 4.66. The molecule has 0 N–H and O–H groups in total. The zero-order valence-corrected chi connectivity index (χ0v) is 13.1. The topological polar surface area (TPSA) is 66.9 Å². The molecule has 1 aromatic carbocycles. The lowest BCUT2D eigenvalue weighted by molar-refractivity contribution is 0.0303. The van der Waals surface area contributed by atoms with Crippen LogP contribution in [0, 0.1) is 0 Å². The van der Waals surface area contributed by atoms with Gasteiger partial charge in [-0.15, -0.1) is 0 Å². The molecule has 21 heavy (non-hydrogen) atoms. The number of rotatable bonds is 4. The smallest absolute Gasteiger partial charge is 0.254 e. The van der Waals surface area contributed by atoms with Gasteiger partial charge in [-0.3, -0.25) is 9.10 Å². The Kier molecular flexibility index (Phi) is 4.84. The zero-order valence-electron chi connectivity index (χ0n) is 12.3. The Morgan fingerprint density at radius 1 is 1.24 bits per heavy atom. The fourth-order valence-corrected chi connectivity index (χ4v) is 3.30. The summed E-state index contributed by atoms with van der Waals surface area (Å²) in [6.45, 7) is 4.42. The Bertz CT molecular complexity index is 592. The van der Waals surface area contributed by atoms with E-state index in [1.807, 2.05) is 0 Å². The van der Waals surface area contributed by atoms with E-state index in [0.717, 1.165) is 0 Å². The number of hydrogen-bond donors (Lipinski definition) is 0. The van der Waals surface area contributed by atoms with E-state index < -0.39 is 10.0 Å². The van der Waals surface area contributed by atoms with Gasteiger partial charge in [0.2, 0.25) is 10.0 Å². The second kappa shape index (κ2) is 6.44. The van der Waals surface area contributed by atoms with Crippen molar-refractivity contribution in [1.29, 1.82) is 0 Å². The van der Waals surface area contributed by atoms with E-state index in [1.54, 1.807) is 36.1 Å². The standard InChI is InChI=1S/C14H20N2O4S/c1-3-16(21(2,18)19)13-6-4-12(5-7-13)14(17)15-8-10-20-11-9-15/h4-7H,3,8-11H2,1-2H3. The third-order valence-electron chi connectivity index (χ3n) is 3.39. The van der Waals surface area contributed by atoms with Crippen LogP contribution in [0.1, 0.15) is 17.3 Å². The number of nitrogens with zero attached hydrogens (tertiary/aromatic N) is 2. The molecule has 2 rings (SSSR count). The lowest BCUT2D eigenvalue weighted by atomic mass is 10.1. The Morgan fingerprint density at radius 3 is 2.29 bits per heavy atom. The minimum absolute atomic E-state index is 0.0488. The van der Waals surface area contributed by atoms with Crippen molar-refractivity contribution in [3.63, 3.8) is 0 Å². The van der Waals surface area contributed by atoms with Crippen LogP contribution in [0.2, 0.25) is 0 Å². The summed E-state index contributed by atoms with van der Waals surface area (Å²) in [7, 11) is -3.30. The zero-order chi connectivity index (χ0) is 15.5. The summed E-state index contributed by atoms with van der Waals surface area (Å²) in [6.07, 6.45) is 1.17. The van der Waals surface area contributed by atoms with Gasteiger partial charge >= 0.3 is 0 Å². The number of benzene rings is 1. The second-order valence-corrected chi connectivity index (χ2v) is 6.79. The first-order chi connectivity index (χ1) is 9.93. The van der Waals surface area contributed by atoms with E-state index in [-0.39, 0.29) is 5.91 Å². The molecule has 6 nitrogen and oxygen atoms in total. The Balaban J connectivity index is 2.16. The maximum Gasteiger partial charge on any atom is 0.254 e. The predicted octanol–water partition coefficient (Wildman–Crippen LogP) is 0.945. The Hall–Kier alpha value is -1.60. The fraction of sp³-hybridized carbons (Fsp3) is 0.500. The van der Waals surface area contributed by atoms with Gasteiger partial charge in [-0.25, -0.2) is 8.42 Å². The molecule has 1 amide bonds. The van der Waals surface area contributed by atoms with Crippen LogP contribution in [0.15, 0.2) is 24.3 Å². The molecule has 1 aliphatic rings. The lowest BCUT2D eigenvalue weighted by Gasteiger charge is -2.27. The normalized spacial score (nSPS) is 15.8. The minimum atomic E-state index is -3.30. The molecule has 7 heteroatoms. The first-order valence-corrected chi connectivity index (χ1v) is 8.73. The van der Waals surface area contributed by atoms with E-state index in [0.29, 0.717) is 44.1 Å². The van der Waals surface area contributed by atoms with Crippen molar-refractivity contribution >= 4 is 21.6 Å². The molecular formula is C14H20N2O4S. The van der Waals surface area contributed by atoms with Crippen LogP contribution in [0.5, 0.6) is 0 Å². The molecule has 1 aromatic rings. The van der Waals surface area contributed by atoms with Crippen molar-refractivity contribution in [2.75, 3.05) is 43.4 Å². The number of ether oxygens (including phenoxy) is 1. The summed E-state index contributed by atoms with van der Waals surface area (Å²) < 4.78 is 29.9. The van der Waals surface area contributed by atoms with Crippen molar-refractivity contribution < 1.29 is 17.9 Å². The summed E-state index contributed by atoms with van der Waals surface area (Å²) in [6, 6.07) is 6.67. The van der Waals surface area contributed by atoms with Crippen LogP contribution in [-0.2, 0) is 14.8 Å². The van der Waals surface area contributed by atoms with E-state index in [9.17, 15) is 13.2 Å². The second-order valence-electron chi connectivity index (χ2n) is 4.88. The molecule has 1 aliphatic heterocycles. The SMILES string of the molecule is CCN(c1ccc(C(=O)N2CCOCC2)cc1)S(C)(=O)=O. The average Bonchev–Trinajstić information content (AvgIpc) is 2.47. The van der Waals surface area contributed by atoms with Crippen LogP contribution in [0.3, 0.4) is 0 Å². The molecule has 116 valence electrons. The van der Waals surface area contributed by atoms with Crippen molar-refractivity contribution in [3.05, 3.63) is 29.8 Å². The number of sulfonamides is 1. The van der Waals surface area contributed by atoms with Gasteiger partial charge in [0.05, 0.1) is 25.2 Å². The predicted molar refractivity (Wildman–Crippen MR) is 81.0 cm³/mol. The highest BCUT2D eigenvalue weighted by Gasteiger charge is 2.20. The number of amides is 1. The van der Waals surface area contributed by atoms with Gasteiger partial charge in [-0.05, 0) is 31.2 Å². The fourth-order valence-electron chi connectivity index (χ4n) is 2.33. The molecule has 0 aliphatic carbocycles. The number of hydrogen-bond acceptors (Lipinski definition) is 4. The highest BCUT2D eigenvalue weighted by molar-refractivity contribution is 7.92. The lowest BCUT2D eigenvalue weighted by Crippen LogP contribution is -2.40. The molecule has 1 saturated heterocycles. The summed E-state index contributed by atoms with van der Waals surface area (Å²) in [5.41, 5.74) is 1.13. The summed E-state index contributed by atoms with van der Waals surface area (Å²) >= 11 is 0. The van der Waals surface area contributed by atoms with Gasteiger partial charge in [0.25, 0.3) is 5.91 Å². The molecule has 0 atom stereocenters. The molecule has 0 saturated carbocycles. The van der Waals surface area contributed by atoms with Gasteiger partial charge in [-0.2, -0.15) is 0 Å². The number of anilines is 1. The van der Waals surface area contributed by atoms with Gasteiger partial charge in [0.1, 0.15) is 0 Å². The molecule has 0 spiro atoms. The average molecular weight is 312 g/mol. The summed E-state index contributed by atoms with van der Waals surface area (Å²) in [5, 5.41) is 0. The maximum atomic E-state index is 12.3. The van der Waals surface area contributed by atoms with Crippen LogP contribution in [-0.4, -0.2) is 58.3 Å². The molecule has 0 bridgehead atoms. The van der Waals surface area contributed by atoms with Crippen molar-refractivity contribution in [1.82, 2.24) is 4.90 Å². The van der Waals surface area contributed by atoms with Crippen LogP contribution >= 0.6 is 0 Å². The number of carbonyl (C=O) groups is 1. The largest absolute Gasteiger partial charge is 0.378 e. The summed E-state index contributed by atoms with van der Waals surface area (Å²) in [4.78, 5) is 14.0. The first kappa shape index (κ1) is 15.8. The van der Waals surface area contributed by atoms with Crippen molar-refractivity contribution in [2.24, 2.45) is 0 Å². The quantitative estimate of drug-likeness (QED) is 0.830. The highest BCUT2D eigenvalue weighted by Crippen LogP contribution is 2.19. The monoisotopic (exact) mass is 312 g/mol. The molecular weight excluding hydrogens is 292 g/mol. The summed E-state index contributed by atoms with van der Waals surface area (Å²) in [5.74, 6) is -0.0488. The van der Waals surface area contributed by atoms with Crippen molar-refractivity contribution in [2.45, 2.75) is 6.92 Å². The Labute approximate surface area is 125 Å². The molecule has 0 aromatic heterocycles. The number of carbonyl (C=O) groups excluding carboxylic acids is 1. The van der Waals surface area contributed by atoms with Crippen molar-refractivity contribution in [3.8, 4) is 0 Å². The van der Waals surface area contributed by atoms with E-state index in [1.165, 1.54) is 10.6 Å². The third kappa shape index (κ3) is 3.74. The molecule has 1 fully saturated rings. The highest BCUT2D eigenvalue weighted by atomic mass is 32.2. The van der Waals surface area contributed by atoms with Crippen LogP contribution < -0.4 is 4.31 Å². The van der Waals surface area contributed by atoms with Crippen LogP contribution in [0.25, 0.3) is 0 Å². The number of morpholine rings is 1. The van der Waals surface area contributed by atoms with E-state index in [2.05, 4.69) is 0 Å². The van der Waals surface area contributed by atoms with E-state index >= 15 is 0 Å². The Morgan fingerprint density at radius 2 is 1.81 bits per heavy atom. The minimum Gasteiger partial charge on any atom is -0.378 e. The molecule has 1 heterocycles. The van der Waals surface area contributed by atoms with E-state index in [4.69, 9.17) is 4.74 Å². The first-order valence-electron chi connectivity index (χ1n) is 6.88. The van der Waals surface area contributed by atoms with Crippen LogP contribution in [0.4, 0.5) is 5.69 Å². The van der Waals surface area contributed by atoms with Gasteiger partial charge in [0.15, 0.2) is 0 Å². The van der Waals surface area contributed by atoms with Gasteiger partial charge < -0.3 is 9.64 Å². The van der Waals surface area contributed by atoms with Gasteiger partial charge in [-0.1, -0.05) is 0 Å². The maximum absolute atomic E-state index is 12.3. The molecule has 0 radical (unpaired) electrons. The van der Waals surface area contributed by atoms with Gasteiger partial charge in [0, 0.05) is 25.2 Å². The molecule has 0 unspecified atom stereocenters.